The quantitative estimate of drug-likeness (QED) is 0.243. The molecule has 6 nitrogen and oxygen atoms in total. The Morgan fingerprint density at radius 3 is 2.52 bits per heavy atom. The van der Waals surface area contributed by atoms with Crippen molar-refractivity contribution in [1.82, 2.24) is 25.3 Å². The summed E-state index contributed by atoms with van der Waals surface area (Å²) in [5.74, 6) is 3.49. The number of hydrogen-bond acceptors (Lipinski definition) is 4. The highest BCUT2D eigenvalue weighted by atomic mass is 127. The molecule has 2 heterocycles. The van der Waals surface area contributed by atoms with Gasteiger partial charge in [0.2, 0.25) is 0 Å². The largest absolute Gasteiger partial charge is 0.356 e. The van der Waals surface area contributed by atoms with Gasteiger partial charge < -0.3 is 10.6 Å². The number of aryl methyl sites for hydroxylation is 3. The van der Waals surface area contributed by atoms with E-state index in [1.165, 1.54) is 62.4 Å². The summed E-state index contributed by atoms with van der Waals surface area (Å²) in [6.07, 6.45) is 7.79. The lowest BCUT2D eigenvalue weighted by Gasteiger charge is -2.48. The van der Waals surface area contributed by atoms with Crippen molar-refractivity contribution < 1.29 is 0 Å². The second-order valence-corrected chi connectivity index (χ2v) is 9.47. The summed E-state index contributed by atoms with van der Waals surface area (Å²) in [4.78, 5) is 7.23. The maximum absolute atomic E-state index is 4.54. The van der Waals surface area contributed by atoms with Crippen molar-refractivity contribution >= 4 is 41.7 Å². The van der Waals surface area contributed by atoms with Gasteiger partial charge in [0.05, 0.1) is 5.69 Å². The van der Waals surface area contributed by atoms with Crippen molar-refractivity contribution in [3.05, 3.63) is 17.5 Å². The lowest BCUT2D eigenvalue weighted by molar-refractivity contribution is 0.0626. The molecule has 0 spiro atoms. The number of aliphatic imine (C=N–C) groups is 1. The Morgan fingerprint density at radius 1 is 1.17 bits per heavy atom. The first-order chi connectivity index (χ1) is 13.6. The van der Waals surface area contributed by atoms with Gasteiger partial charge in [0.15, 0.2) is 5.96 Å². The predicted molar refractivity (Wildman–Crippen MR) is 136 cm³/mol. The molecule has 2 aliphatic rings. The molecular formula is C21H39IN6S. The van der Waals surface area contributed by atoms with Crippen LogP contribution in [0.25, 0.3) is 0 Å². The van der Waals surface area contributed by atoms with Crippen molar-refractivity contribution in [2.24, 2.45) is 4.99 Å². The van der Waals surface area contributed by atoms with Crippen LogP contribution in [0, 0.1) is 13.8 Å². The molecule has 1 aliphatic carbocycles. The Hall–Kier alpha value is -0.480. The highest BCUT2D eigenvalue weighted by Crippen LogP contribution is 2.34. The van der Waals surface area contributed by atoms with Crippen molar-refractivity contribution in [1.29, 1.82) is 0 Å². The van der Waals surface area contributed by atoms with Gasteiger partial charge in [-0.1, -0.05) is 19.3 Å². The molecule has 1 aromatic rings. The van der Waals surface area contributed by atoms with E-state index in [2.05, 4.69) is 62.0 Å². The maximum atomic E-state index is 4.54. The van der Waals surface area contributed by atoms with Gasteiger partial charge in [-0.15, -0.1) is 24.0 Å². The Labute approximate surface area is 198 Å². The number of nitrogens with one attached hydrogen (secondary N) is 2. The molecule has 0 radical (unpaired) electrons. The van der Waals surface area contributed by atoms with Crippen LogP contribution in [0.5, 0.6) is 0 Å². The first-order valence-electron chi connectivity index (χ1n) is 10.9. The third-order valence-electron chi connectivity index (χ3n) is 6.22. The van der Waals surface area contributed by atoms with Gasteiger partial charge in [-0.3, -0.25) is 14.6 Å². The average molecular weight is 535 g/mol. The van der Waals surface area contributed by atoms with Crippen LogP contribution in [-0.2, 0) is 6.54 Å². The standard InChI is InChI=1S/C21H38N6S.HI/c1-18-16-19(2)27(25-18)11-7-10-23-20(22-3)24-17-21(8-5-4-6-9-21)26-12-14-28-15-13-26;/h16H,4-15,17H2,1-3H3,(H2,22,23,24);1H. The van der Waals surface area contributed by atoms with Gasteiger partial charge in [0, 0.05) is 62.5 Å². The van der Waals surface area contributed by atoms with E-state index in [1.54, 1.807) is 0 Å². The molecule has 8 heteroatoms. The molecule has 166 valence electrons. The molecule has 1 saturated heterocycles. The number of halogens is 1. The first kappa shape index (κ1) is 24.8. The third kappa shape index (κ3) is 7.02. The fraction of sp³-hybridized carbons (Fsp3) is 0.810. The predicted octanol–water partition coefficient (Wildman–Crippen LogP) is 3.42. The minimum atomic E-state index is 0. The van der Waals surface area contributed by atoms with E-state index in [4.69, 9.17) is 0 Å². The molecular weight excluding hydrogens is 495 g/mol. The summed E-state index contributed by atoms with van der Waals surface area (Å²) < 4.78 is 2.10. The fourth-order valence-corrected chi connectivity index (χ4v) is 5.56. The summed E-state index contributed by atoms with van der Waals surface area (Å²) >= 11 is 2.10. The van der Waals surface area contributed by atoms with E-state index < -0.39 is 0 Å². The van der Waals surface area contributed by atoms with Gasteiger partial charge in [-0.25, -0.2) is 0 Å². The number of guanidine groups is 1. The van der Waals surface area contributed by atoms with Gasteiger partial charge in [0.25, 0.3) is 0 Å². The van der Waals surface area contributed by atoms with Gasteiger partial charge >= 0.3 is 0 Å². The maximum Gasteiger partial charge on any atom is 0.191 e. The van der Waals surface area contributed by atoms with Gasteiger partial charge in [-0.2, -0.15) is 16.9 Å². The number of aromatic nitrogens is 2. The molecule has 0 amide bonds. The second-order valence-electron chi connectivity index (χ2n) is 8.24. The fourth-order valence-electron chi connectivity index (χ4n) is 4.66. The zero-order valence-electron chi connectivity index (χ0n) is 18.4. The molecule has 1 aliphatic heterocycles. The van der Waals surface area contributed by atoms with Crippen LogP contribution in [0.3, 0.4) is 0 Å². The molecule has 2 N–H and O–H groups in total. The summed E-state index contributed by atoms with van der Waals surface area (Å²) in [6, 6.07) is 2.14. The van der Waals surface area contributed by atoms with Gasteiger partial charge in [0.1, 0.15) is 0 Å². The molecule has 0 aromatic carbocycles. The summed E-state index contributed by atoms with van der Waals surface area (Å²) in [5.41, 5.74) is 2.65. The smallest absolute Gasteiger partial charge is 0.191 e. The summed E-state index contributed by atoms with van der Waals surface area (Å²) in [7, 11) is 1.88. The lowest BCUT2D eigenvalue weighted by Crippen LogP contribution is -2.59. The molecule has 2 fully saturated rings. The van der Waals surface area contributed by atoms with Crippen LogP contribution in [-0.4, -0.2) is 70.9 Å². The van der Waals surface area contributed by atoms with Crippen LogP contribution < -0.4 is 10.6 Å². The second kappa shape index (κ2) is 12.4. The minimum Gasteiger partial charge on any atom is -0.356 e. The average Bonchev–Trinajstić information content (AvgIpc) is 3.05. The summed E-state index contributed by atoms with van der Waals surface area (Å²) in [5, 5.41) is 11.7. The highest BCUT2D eigenvalue weighted by Gasteiger charge is 2.38. The van der Waals surface area contributed by atoms with Crippen molar-refractivity contribution in [2.75, 3.05) is 44.7 Å². The van der Waals surface area contributed by atoms with Crippen LogP contribution >= 0.6 is 35.7 Å². The van der Waals surface area contributed by atoms with E-state index in [-0.39, 0.29) is 24.0 Å². The van der Waals surface area contributed by atoms with E-state index in [0.29, 0.717) is 5.54 Å². The van der Waals surface area contributed by atoms with Crippen molar-refractivity contribution in [3.63, 3.8) is 0 Å². The molecule has 0 bridgehead atoms. The molecule has 1 aromatic heterocycles. The number of thioether (sulfide) groups is 1. The topological polar surface area (TPSA) is 57.5 Å². The highest BCUT2D eigenvalue weighted by molar-refractivity contribution is 14.0. The van der Waals surface area contributed by atoms with E-state index >= 15 is 0 Å². The summed E-state index contributed by atoms with van der Waals surface area (Å²) in [6.45, 7) is 9.51. The van der Waals surface area contributed by atoms with E-state index in [1.807, 2.05) is 7.05 Å². The zero-order valence-corrected chi connectivity index (χ0v) is 21.5. The monoisotopic (exact) mass is 534 g/mol. The zero-order chi connectivity index (χ0) is 19.8. The minimum absolute atomic E-state index is 0. The lowest BCUT2D eigenvalue weighted by atomic mass is 9.80. The molecule has 0 unspecified atom stereocenters. The van der Waals surface area contributed by atoms with E-state index in [9.17, 15) is 0 Å². The van der Waals surface area contributed by atoms with Crippen LogP contribution in [0.2, 0.25) is 0 Å². The molecule has 0 atom stereocenters. The molecule has 1 saturated carbocycles. The Morgan fingerprint density at radius 2 is 1.90 bits per heavy atom. The normalized spacial score (nSPS) is 20.2. The third-order valence-corrected chi connectivity index (χ3v) is 7.16. The van der Waals surface area contributed by atoms with Gasteiger partial charge in [-0.05, 0) is 39.2 Å². The Kier molecular flexibility index (Phi) is 10.6. The SMILES string of the molecule is CN=C(NCCCn1nc(C)cc1C)NCC1(N2CCSCC2)CCCCC1.I. The molecule has 29 heavy (non-hydrogen) atoms. The Bertz CT molecular complexity index is 635. The van der Waals surface area contributed by atoms with Crippen LogP contribution in [0.4, 0.5) is 0 Å². The molecule has 3 rings (SSSR count). The number of rotatable bonds is 7. The van der Waals surface area contributed by atoms with Crippen molar-refractivity contribution in [3.8, 4) is 0 Å². The van der Waals surface area contributed by atoms with Crippen LogP contribution in [0.1, 0.15) is 49.9 Å². The van der Waals surface area contributed by atoms with E-state index in [0.717, 1.165) is 37.7 Å². The van der Waals surface area contributed by atoms with Crippen LogP contribution in [0.15, 0.2) is 11.1 Å². The van der Waals surface area contributed by atoms with Crippen molar-refractivity contribution in [2.45, 2.75) is 64.5 Å². The number of nitrogens with zero attached hydrogens (tertiary/aromatic N) is 4. The number of hydrogen-bond donors (Lipinski definition) is 2. The Balaban J connectivity index is 0.00000300. The first-order valence-corrected chi connectivity index (χ1v) is 12.1.